The van der Waals surface area contributed by atoms with Crippen LogP contribution in [0.2, 0.25) is 0 Å². The van der Waals surface area contributed by atoms with Crippen molar-refractivity contribution in [1.29, 1.82) is 0 Å². The van der Waals surface area contributed by atoms with Crippen molar-refractivity contribution in [3.8, 4) is 5.88 Å². The van der Waals surface area contributed by atoms with E-state index in [-0.39, 0.29) is 5.88 Å². The Bertz CT molecular complexity index is 553. The molecule has 2 N–H and O–H groups in total. The number of benzene rings is 1. The summed E-state index contributed by atoms with van der Waals surface area (Å²) in [6, 6.07) is 6.07. The van der Waals surface area contributed by atoms with Crippen molar-refractivity contribution < 1.29 is 5.11 Å². The Morgan fingerprint density at radius 1 is 1.41 bits per heavy atom. The van der Waals surface area contributed by atoms with E-state index in [1.807, 2.05) is 25.1 Å². The van der Waals surface area contributed by atoms with Crippen LogP contribution in [0.4, 0.5) is 0 Å². The van der Waals surface area contributed by atoms with Crippen molar-refractivity contribution in [1.82, 2.24) is 4.98 Å². The molecule has 1 heterocycles. The summed E-state index contributed by atoms with van der Waals surface area (Å²) >= 11 is 0. The number of aromatic nitrogens is 1. The van der Waals surface area contributed by atoms with Gasteiger partial charge in [-0.2, -0.15) is 0 Å². The number of fused-ring (bicyclic) bond motifs is 1. The molecule has 90 valence electrons. The molecule has 1 aromatic heterocycles. The van der Waals surface area contributed by atoms with Crippen LogP contribution in [0, 0.1) is 12.8 Å². The third-order valence-electron chi connectivity index (χ3n) is 2.66. The molecule has 2 rings (SSSR count). The van der Waals surface area contributed by atoms with Gasteiger partial charge in [0.2, 0.25) is 0 Å². The molecule has 0 unspecified atom stereocenters. The molecule has 0 bridgehead atoms. The third kappa shape index (κ3) is 2.49. The Morgan fingerprint density at radius 3 is 2.88 bits per heavy atom. The maximum atomic E-state index is 9.84. The molecule has 3 heteroatoms. The lowest BCUT2D eigenvalue weighted by Gasteiger charge is -1.97. The molecule has 0 fully saturated rings. The van der Waals surface area contributed by atoms with Gasteiger partial charge in [-0.25, -0.2) is 0 Å². The molecule has 0 spiro atoms. The zero-order valence-corrected chi connectivity index (χ0v) is 10.5. The van der Waals surface area contributed by atoms with Gasteiger partial charge in [0.15, 0.2) is 5.88 Å². The van der Waals surface area contributed by atoms with Gasteiger partial charge in [-0.05, 0) is 24.5 Å². The van der Waals surface area contributed by atoms with Crippen molar-refractivity contribution >= 4 is 17.1 Å². The van der Waals surface area contributed by atoms with Gasteiger partial charge in [-0.1, -0.05) is 26.0 Å². The van der Waals surface area contributed by atoms with E-state index in [0.29, 0.717) is 5.92 Å². The number of aromatic hydroxyl groups is 1. The smallest absolute Gasteiger partial charge is 0.198 e. The van der Waals surface area contributed by atoms with E-state index in [4.69, 9.17) is 0 Å². The van der Waals surface area contributed by atoms with Gasteiger partial charge in [0.1, 0.15) is 0 Å². The number of H-pyrrole nitrogens is 1. The second kappa shape index (κ2) is 4.62. The molecule has 0 amide bonds. The normalized spacial score (nSPS) is 12.0. The average Bonchev–Trinajstić information content (AvgIpc) is 2.54. The number of aliphatic imine (C=N–C) groups is 1. The number of nitrogens with one attached hydrogen (secondary N) is 1. The molecule has 0 radical (unpaired) electrons. The van der Waals surface area contributed by atoms with Gasteiger partial charge in [-0.3, -0.25) is 4.99 Å². The topological polar surface area (TPSA) is 48.4 Å². The maximum Gasteiger partial charge on any atom is 0.198 e. The number of rotatable bonds is 3. The lowest BCUT2D eigenvalue weighted by Crippen LogP contribution is -1.92. The molecule has 1 aromatic carbocycles. The lowest BCUT2D eigenvalue weighted by molar-refractivity contribution is 0.457. The van der Waals surface area contributed by atoms with Crippen molar-refractivity contribution in [2.75, 3.05) is 6.54 Å². The Morgan fingerprint density at radius 2 is 2.18 bits per heavy atom. The monoisotopic (exact) mass is 230 g/mol. The molecule has 0 saturated heterocycles. The van der Waals surface area contributed by atoms with Crippen LogP contribution in [0.15, 0.2) is 23.2 Å². The van der Waals surface area contributed by atoms with Crippen molar-refractivity contribution in [2.45, 2.75) is 20.8 Å². The Hall–Kier alpha value is -1.77. The molecule has 2 aromatic rings. The summed E-state index contributed by atoms with van der Waals surface area (Å²) in [6.07, 6.45) is 1.75. The highest BCUT2D eigenvalue weighted by atomic mass is 16.3. The fraction of sp³-hybridized carbons (Fsp3) is 0.357. The van der Waals surface area contributed by atoms with Crippen LogP contribution in [-0.4, -0.2) is 22.8 Å². The van der Waals surface area contributed by atoms with E-state index in [2.05, 4.69) is 23.8 Å². The Labute approximate surface area is 101 Å². The minimum atomic E-state index is 0.193. The molecular weight excluding hydrogens is 212 g/mol. The van der Waals surface area contributed by atoms with Crippen LogP contribution in [0.1, 0.15) is 25.0 Å². The van der Waals surface area contributed by atoms with Crippen LogP contribution in [0.25, 0.3) is 10.9 Å². The van der Waals surface area contributed by atoms with Crippen LogP contribution < -0.4 is 0 Å². The number of hydrogen-bond acceptors (Lipinski definition) is 2. The average molecular weight is 230 g/mol. The minimum Gasteiger partial charge on any atom is -0.494 e. The molecule has 0 aliphatic carbocycles. The summed E-state index contributed by atoms with van der Waals surface area (Å²) in [5.74, 6) is 0.721. The minimum absolute atomic E-state index is 0.193. The molecule has 17 heavy (non-hydrogen) atoms. The summed E-state index contributed by atoms with van der Waals surface area (Å²) in [5.41, 5.74) is 2.90. The van der Waals surface area contributed by atoms with Crippen molar-refractivity contribution in [3.63, 3.8) is 0 Å². The predicted octanol–water partition coefficient (Wildman–Crippen LogP) is 3.26. The van der Waals surface area contributed by atoms with Crippen LogP contribution >= 0.6 is 0 Å². The molecule has 3 nitrogen and oxygen atoms in total. The van der Waals surface area contributed by atoms with Crippen molar-refractivity contribution in [3.05, 3.63) is 29.3 Å². The van der Waals surface area contributed by atoms with Crippen LogP contribution in [0.3, 0.4) is 0 Å². The zero-order valence-electron chi connectivity index (χ0n) is 10.5. The molecular formula is C14H18N2O. The van der Waals surface area contributed by atoms with Gasteiger partial charge in [0.05, 0.1) is 5.56 Å². The predicted molar refractivity (Wildman–Crippen MR) is 72.0 cm³/mol. The first kappa shape index (κ1) is 11.7. The number of aryl methyl sites for hydroxylation is 1. The second-order valence-corrected chi connectivity index (χ2v) is 4.82. The highest BCUT2D eigenvalue weighted by Crippen LogP contribution is 2.26. The first-order chi connectivity index (χ1) is 8.08. The Balaban J connectivity index is 2.39. The maximum absolute atomic E-state index is 9.84. The number of aromatic amines is 1. The summed E-state index contributed by atoms with van der Waals surface area (Å²) in [5, 5.41) is 10.9. The van der Waals surface area contributed by atoms with Crippen LogP contribution in [0.5, 0.6) is 5.88 Å². The van der Waals surface area contributed by atoms with Gasteiger partial charge < -0.3 is 10.1 Å². The van der Waals surface area contributed by atoms with E-state index in [0.717, 1.165) is 23.0 Å². The van der Waals surface area contributed by atoms with Gasteiger partial charge in [0.25, 0.3) is 0 Å². The third-order valence-corrected chi connectivity index (χ3v) is 2.66. The fourth-order valence-corrected chi connectivity index (χ4v) is 1.80. The van der Waals surface area contributed by atoms with Gasteiger partial charge in [-0.15, -0.1) is 0 Å². The van der Waals surface area contributed by atoms with E-state index in [1.165, 1.54) is 5.56 Å². The standard InChI is InChI=1S/C14H18N2O/c1-9(2)7-15-8-12-11-5-4-10(3)6-13(11)16-14(12)17/h4-6,8-9,16-17H,7H2,1-3H3. The van der Waals surface area contributed by atoms with Crippen LogP contribution in [-0.2, 0) is 0 Å². The zero-order chi connectivity index (χ0) is 12.4. The molecule has 0 saturated carbocycles. The highest BCUT2D eigenvalue weighted by Gasteiger charge is 2.08. The number of hydrogen-bond donors (Lipinski definition) is 2. The Kier molecular flexibility index (Phi) is 3.18. The summed E-state index contributed by atoms with van der Waals surface area (Å²) < 4.78 is 0. The quantitative estimate of drug-likeness (QED) is 0.781. The first-order valence-corrected chi connectivity index (χ1v) is 5.89. The van der Waals surface area contributed by atoms with Gasteiger partial charge >= 0.3 is 0 Å². The van der Waals surface area contributed by atoms with E-state index in [1.54, 1.807) is 6.21 Å². The highest BCUT2D eigenvalue weighted by molar-refractivity contribution is 6.02. The summed E-state index contributed by atoms with van der Waals surface area (Å²) in [6.45, 7) is 7.05. The van der Waals surface area contributed by atoms with E-state index < -0.39 is 0 Å². The fourth-order valence-electron chi connectivity index (χ4n) is 1.80. The van der Waals surface area contributed by atoms with Gasteiger partial charge in [0, 0.05) is 23.7 Å². The van der Waals surface area contributed by atoms with Crippen molar-refractivity contribution in [2.24, 2.45) is 10.9 Å². The summed E-state index contributed by atoms with van der Waals surface area (Å²) in [4.78, 5) is 7.31. The first-order valence-electron chi connectivity index (χ1n) is 5.89. The molecule has 0 atom stereocenters. The lowest BCUT2D eigenvalue weighted by atomic mass is 10.1. The van der Waals surface area contributed by atoms with E-state index in [9.17, 15) is 5.11 Å². The number of nitrogens with zero attached hydrogens (tertiary/aromatic N) is 1. The second-order valence-electron chi connectivity index (χ2n) is 4.82. The largest absolute Gasteiger partial charge is 0.494 e. The van der Waals surface area contributed by atoms with E-state index >= 15 is 0 Å². The summed E-state index contributed by atoms with van der Waals surface area (Å²) in [7, 11) is 0. The SMILES string of the molecule is Cc1ccc2c(C=NCC(C)C)c(O)[nH]c2c1. The molecule has 0 aliphatic heterocycles. The molecule has 0 aliphatic rings.